The first-order valence-corrected chi connectivity index (χ1v) is 12.1. The SMILES string of the molecule is COc1ccc2ncc(F)c(CCN3CC[C@@H]4CN(c5ccc6c(n5)NC(=O)CO6)C(=O)OC4C3)c2n1. The van der Waals surface area contributed by atoms with Crippen LogP contribution in [0.5, 0.6) is 11.6 Å². The van der Waals surface area contributed by atoms with Crippen LogP contribution >= 0.6 is 0 Å². The zero-order valence-electron chi connectivity index (χ0n) is 20.1. The molecule has 3 aliphatic rings. The molecule has 2 saturated heterocycles. The Kier molecular flexibility index (Phi) is 5.95. The summed E-state index contributed by atoms with van der Waals surface area (Å²) in [5, 5.41) is 2.66. The molecule has 0 bridgehead atoms. The summed E-state index contributed by atoms with van der Waals surface area (Å²) in [5.74, 6) is 1.00. The Morgan fingerprint density at radius 3 is 2.95 bits per heavy atom. The minimum atomic E-state index is -0.485. The smallest absolute Gasteiger partial charge is 0.415 e. The molecule has 12 heteroatoms. The second-order valence-corrected chi connectivity index (χ2v) is 9.29. The predicted molar refractivity (Wildman–Crippen MR) is 130 cm³/mol. The molecule has 2 amide bonds. The van der Waals surface area contributed by atoms with Gasteiger partial charge in [0.25, 0.3) is 5.91 Å². The molecule has 2 fully saturated rings. The molecule has 0 aliphatic carbocycles. The van der Waals surface area contributed by atoms with E-state index in [1.54, 1.807) is 24.3 Å². The molecule has 2 atom stereocenters. The van der Waals surface area contributed by atoms with Gasteiger partial charge in [-0.15, -0.1) is 0 Å². The molecule has 1 N–H and O–H groups in total. The number of nitrogens with one attached hydrogen (secondary N) is 1. The van der Waals surface area contributed by atoms with Gasteiger partial charge in [-0.2, -0.15) is 0 Å². The number of nitrogens with zero attached hydrogens (tertiary/aromatic N) is 5. The Balaban J connectivity index is 1.12. The minimum Gasteiger partial charge on any atom is -0.481 e. The third-order valence-electron chi connectivity index (χ3n) is 7.03. The number of likely N-dealkylation sites (tertiary alicyclic amines) is 1. The van der Waals surface area contributed by atoms with Gasteiger partial charge < -0.3 is 19.5 Å². The van der Waals surface area contributed by atoms with Gasteiger partial charge in [0.05, 0.1) is 24.3 Å². The number of hydrogen-bond acceptors (Lipinski definition) is 9. The van der Waals surface area contributed by atoms with Gasteiger partial charge in [-0.05, 0) is 37.6 Å². The molecule has 1 unspecified atom stereocenters. The summed E-state index contributed by atoms with van der Waals surface area (Å²) in [6, 6.07) is 6.84. The summed E-state index contributed by atoms with van der Waals surface area (Å²) >= 11 is 0. The van der Waals surface area contributed by atoms with Gasteiger partial charge in [-0.1, -0.05) is 0 Å². The van der Waals surface area contributed by atoms with Crippen LogP contribution in [0.15, 0.2) is 30.5 Å². The van der Waals surface area contributed by atoms with Crippen LogP contribution in [0.25, 0.3) is 11.0 Å². The number of fused-ring (bicyclic) bond motifs is 3. The van der Waals surface area contributed by atoms with E-state index >= 15 is 0 Å². The third-order valence-corrected chi connectivity index (χ3v) is 7.03. The van der Waals surface area contributed by atoms with E-state index in [2.05, 4.69) is 25.2 Å². The van der Waals surface area contributed by atoms with Crippen LogP contribution in [0.2, 0.25) is 0 Å². The van der Waals surface area contributed by atoms with Gasteiger partial charge in [0.15, 0.2) is 18.2 Å². The molecule has 0 radical (unpaired) electrons. The predicted octanol–water partition coefficient (Wildman–Crippen LogP) is 2.39. The quantitative estimate of drug-likeness (QED) is 0.554. The number of methoxy groups -OCH3 is 1. The van der Waals surface area contributed by atoms with Crippen molar-refractivity contribution < 1.29 is 28.2 Å². The highest BCUT2D eigenvalue weighted by atomic mass is 19.1. The first-order chi connectivity index (χ1) is 18.0. The lowest BCUT2D eigenvalue weighted by atomic mass is 9.91. The Hall–Kier alpha value is -4.06. The molecule has 6 rings (SSSR count). The summed E-state index contributed by atoms with van der Waals surface area (Å²) < 4.78 is 31.0. The van der Waals surface area contributed by atoms with E-state index in [4.69, 9.17) is 14.2 Å². The molecule has 192 valence electrons. The van der Waals surface area contributed by atoms with Crippen LogP contribution in [0.1, 0.15) is 12.0 Å². The van der Waals surface area contributed by atoms with Crippen molar-refractivity contribution in [1.29, 1.82) is 0 Å². The van der Waals surface area contributed by atoms with E-state index in [1.807, 2.05) is 0 Å². The van der Waals surface area contributed by atoms with Gasteiger partial charge in [-0.3, -0.25) is 19.6 Å². The second-order valence-electron chi connectivity index (χ2n) is 9.29. The number of ether oxygens (including phenoxy) is 3. The number of carbonyl (C=O) groups is 2. The average Bonchev–Trinajstić information content (AvgIpc) is 2.91. The van der Waals surface area contributed by atoms with Crippen LogP contribution in [-0.4, -0.2) is 77.9 Å². The largest absolute Gasteiger partial charge is 0.481 e. The van der Waals surface area contributed by atoms with Crippen molar-refractivity contribution in [1.82, 2.24) is 19.9 Å². The number of piperidine rings is 1. The number of carbonyl (C=O) groups excluding carboxylic acids is 2. The van der Waals surface area contributed by atoms with Crippen molar-refractivity contribution in [2.75, 3.05) is 50.1 Å². The van der Waals surface area contributed by atoms with E-state index in [0.29, 0.717) is 65.9 Å². The summed E-state index contributed by atoms with van der Waals surface area (Å²) in [6.45, 7) is 2.34. The lowest BCUT2D eigenvalue weighted by Gasteiger charge is -2.43. The van der Waals surface area contributed by atoms with Crippen molar-refractivity contribution in [3.05, 3.63) is 41.8 Å². The second kappa shape index (κ2) is 9.43. The maximum atomic E-state index is 14.7. The maximum absolute atomic E-state index is 14.7. The highest BCUT2D eigenvalue weighted by Crippen LogP contribution is 2.33. The maximum Gasteiger partial charge on any atom is 0.415 e. The monoisotopic (exact) mass is 508 g/mol. The van der Waals surface area contributed by atoms with E-state index in [-0.39, 0.29) is 24.5 Å². The van der Waals surface area contributed by atoms with Crippen LogP contribution in [-0.2, 0) is 16.0 Å². The topological polar surface area (TPSA) is 119 Å². The zero-order chi connectivity index (χ0) is 25.5. The molecule has 0 spiro atoms. The Morgan fingerprint density at radius 1 is 1.19 bits per heavy atom. The van der Waals surface area contributed by atoms with E-state index < -0.39 is 11.9 Å². The average molecular weight is 509 g/mol. The number of anilines is 2. The number of pyridine rings is 3. The van der Waals surface area contributed by atoms with E-state index in [0.717, 1.165) is 13.0 Å². The highest BCUT2D eigenvalue weighted by Gasteiger charge is 2.40. The Morgan fingerprint density at radius 2 is 2.08 bits per heavy atom. The molecule has 37 heavy (non-hydrogen) atoms. The number of rotatable bonds is 5. The summed E-state index contributed by atoms with van der Waals surface area (Å²) in [7, 11) is 1.52. The lowest BCUT2D eigenvalue weighted by Crippen LogP contribution is -2.56. The van der Waals surface area contributed by atoms with E-state index in [1.165, 1.54) is 18.2 Å². The van der Waals surface area contributed by atoms with Crippen LogP contribution in [0.3, 0.4) is 0 Å². The first kappa shape index (κ1) is 23.3. The van der Waals surface area contributed by atoms with Crippen LogP contribution < -0.4 is 19.7 Å². The zero-order valence-corrected chi connectivity index (χ0v) is 20.1. The Labute approximate surface area is 211 Å². The van der Waals surface area contributed by atoms with Gasteiger partial charge in [0.1, 0.15) is 17.7 Å². The van der Waals surface area contributed by atoms with Gasteiger partial charge >= 0.3 is 6.09 Å². The standard InChI is InChI=1S/C25H25FN6O5/c1-35-22-5-2-17-23(30-22)15(16(26)10-27-17)7-9-31-8-6-14-11-32(25(34)37-19(14)12-31)20-4-3-18-24(28-20)29-21(33)13-36-18/h2-5,10,14,19H,6-9,11-13H2,1H3,(H,28,29,33)/t14-,19?/m1/s1. The number of aromatic nitrogens is 3. The molecule has 3 aliphatic heterocycles. The number of halogens is 1. The molecule has 11 nitrogen and oxygen atoms in total. The summed E-state index contributed by atoms with van der Waals surface area (Å²) in [6.07, 6.45) is 1.72. The van der Waals surface area contributed by atoms with Crippen LogP contribution in [0.4, 0.5) is 20.8 Å². The minimum absolute atomic E-state index is 0.0607. The van der Waals surface area contributed by atoms with Crippen molar-refractivity contribution in [3.63, 3.8) is 0 Å². The fourth-order valence-corrected chi connectivity index (χ4v) is 5.07. The van der Waals surface area contributed by atoms with Crippen molar-refractivity contribution in [2.45, 2.75) is 18.9 Å². The van der Waals surface area contributed by atoms with Gasteiger partial charge in [0, 0.05) is 37.2 Å². The molecule has 3 aromatic rings. The normalized spacial score (nSPS) is 21.5. The molecular formula is C25H25FN6O5. The number of hydrogen-bond donors (Lipinski definition) is 1. The lowest BCUT2D eigenvalue weighted by molar-refractivity contribution is -0.118. The fourth-order valence-electron chi connectivity index (χ4n) is 5.07. The number of amides is 2. The molecule has 3 aromatic heterocycles. The summed E-state index contributed by atoms with van der Waals surface area (Å²) in [5.41, 5.74) is 1.60. The van der Waals surface area contributed by atoms with Crippen molar-refractivity contribution in [2.24, 2.45) is 5.92 Å². The molecule has 0 saturated carbocycles. The molecule has 6 heterocycles. The van der Waals surface area contributed by atoms with Crippen molar-refractivity contribution in [3.8, 4) is 11.6 Å². The van der Waals surface area contributed by atoms with Crippen molar-refractivity contribution >= 4 is 34.7 Å². The Bertz CT molecular complexity index is 1390. The van der Waals surface area contributed by atoms with Crippen LogP contribution in [0, 0.1) is 11.7 Å². The van der Waals surface area contributed by atoms with Gasteiger partial charge in [0.2, 0.25) is 5.88 Å². The third kappa shape index (κ3) is 4.48. The summed E-state index contributed by atoms with van der Waals surface area (Å²) in [4.78, 5) is 41.1. The van der Waals surface area contributed by atoms with Gasteiger partial charge in [-0.25, -0.2) is 19.2 Å². The first-order valence-electron chi connectivity index (χ1n) is 12.1. The molecular weight excluding hydrogens is 483 g/mol. The van der Waals surface area contributed by atoms with E-state index in [9.17, 15) is 14.0 Å². The fraction of sp³-hybridized carbons (Fsp3) is 0.400. The molecule has 0 aromatic carbocycles. The highest BCUT2D eigenvalue weighted by molar-refractivity contribution is 5.95.